The number of aliphatic hydroxyl groups is 1. The Kier molecular flexibility index (Phi) is 5.07. The van der Waals surface area contributed by atoms with Crippen LogP contribution in [0.2, 0.25) is 0 Å². The summed E-state index contributed by atoms with van der Waals surface area (Å²) in [5.74, 6) is -1.71. The van der Waals surface area contributed by atoms with Gasteiger partial charge >= 0.3 is 0 Å². The van der Waals surface area contributed by atoms with E-state index in [0.29, 0.717) is 12.0 Å². The third-order valence-electron chi connectivity index (χ3n) is 3.99. The van der Waals surface area contributed by atoms with Gasteiger partial charge in [-0.1, -0.05) is 6.07 Å². The molecule has 2 atom stereocenters. The molecule has 3 nitrogen and oxygen atoms in total. The Bertz CT molecular complexity index is 455. The fourth-order valence-electron chi connectivity index (χ4n) is 2.77. The van der Waals surface area contributed by atoms with Gasteiger partial charge in [0.2, 0.25) is 0 Å². The van der Waals surface area contributed by atoms with E-state index in [4.69, 9.17) is 0 Å². The minimum Gasteiger partial charge on any atom is -0.391 e. The van der Waals surface area contributed by atoms with Crippen LogP contribution in [0.4, 0.5) is 8.78 Å². The highest BCUT2D eigenvalue weighted by Crippen LogP contribution is 2.16. The first-order valence-corrected chi connectivity index (χ1v) is 6.98. The van der Waals surface area contributed by atoms with Crippen molar-refractivity contribution in [2.24, 2.45) is 0 Å². The molecule has 20 heavy (non-hydrogen) atoms. The number of likely N-dealkylation sites (N-methyl/N-ethyl adjacent to an activating group) is 2. The summed E-state index contributed by atoms with van der Waals surface area (Å²) < 4.78 is 26.1. The van der Waals surface area contributed by atoms with Crippen molar-refractivity contribution in [3.05, 3.63) is 35.4 Å². The molecule has 112 valence electrons. The van der Waals surface area contributed by atoms with Crippen LogP contribution in [0.15, 0.2) is 18.2 Å². The van der Waals surface area contributed by atoms with E-state index in [0.717, 1.165) is 32.1 Å². The molecule has 1 aromatic rings. The first kappa shape index (κ1) is 15.4. The largest absolute Gasteiger partial charge is 0.391 e. The van der Waals surface area contributed by atoms with E-state index in [2.05, 4.69) is 9.80 Å². The van der Waals surface area contributed by atoms with E-state index in [1.54, 1.807) is 0 Å². The van der Waals surface area contributed by atoms with Gasteiger partial charge in [0, 0.05) is 19.0 Å². The molecule has 5 heteroatoms. The molecule has 2 unspecified atom stereocenters. The molecular weight excluding hydrogens is 262 g/mol. The fraction of sp³-hybridized carbons (Fsp3) is 0.600. The van der Waals surface area contributed by atoms with Crippen molar-refractivity contribution in [3.63, 3.8) is 0 Å². The molecule has 0 aromatic heterocycles. The highest BCUT2D eigenvalue weighted by molar-refractivity contribution is 5.19. The second-order valence-corrected chi connectivity index (χ2v) is 5.68. The van der Waals surface area contributed by atoms with Crippen molar-refractivity contribution in [3.8, 4) is 0 Å². The Morgan fingerprint density at radius 1 is 1.25 bits per heavy atom. The Morgan fingerprint density at radius 2 is 2.00 bits per heavy atom. The summed E-state index contributed by atoms with van der Waals surface area (Å²) in [4.78, 5) is 4.34. The lowest BCUT2D eigenvalue weighted by atomic mass is 10.0. The van der Waals surface area contributed by atoms with Gasteiger partial charge < -0.3 is 10.0 Å². The Balaban J connectivity index is 2.05. The molecule has 1 aliphatic heterocycles. The molecule has 1 fully saturated rings. The Morgan fingerprint density at radius 3 is 2.70 bits per heavy atom. The number of hydrogen-bond acceptors (Lipinski definition) is 3. The molecule has 1 saturated heterocycles. The maximum Gasteiger partial charge on any atom is 0.159 e. The van der Waals surface area contributed by atoms with Crippen LogP contribution in [0.1, 0.15) is 12.0 Å². The molecule has 0 amide bonds. The molecule has 1 heterocycles. The predicted octanol–water partition coefficient (Wildman–Crippen LogP) is 1.50. The number of rotatable bonds is 3. The topological polar surface area (TPSA) is 26.7 Å². The second-order valence-electron chi connectivity index (χ2n) is 5.68. The summed E-state index contributed by atoms with van der Waals surface area (Å²) in [7, 11) is 4.04. The summed E-state index contributed by atoms with van der Waals surface area (Å²) in [6, 6.07) is 3.82. The van der Waals surface area contributed by atoms with Crippen LogP contribution in [0.3, 0.4) is 0 Å². The van der Waals surface area contributed by atoms with Crippen LogP contribution in [0.25, 0.3) is 0 Å². The third kappa shape index (κ3) is 3.75. The summed E-state index contributed by atoms with van der Waals surface area (Å²) in [6.45, 7) is 2.73. The molecule has 0 saturated carbocycles. The van der Waals surface area contributed by atoms with Crippen LogP contribution in [0.5, 0.6) is 0 Å². The average molecular weight is 284 g/mol. The zero-order valence-electron chi connectivity index (χ0n) is 12.0. The van der Waals surface area contributed by atoms with Crippen molar-refractivity contribution in [1.82, 2.24) is 9.80 Å². The lowest BCUT2D eigenvalue weighted by Gasteiger charge is -2.31. The van der Waals surface area contributed by atoms with Crippen LogP contribution >= 0.6 is 0 Å². The van der Waals surface area contributed by atoms with Gasteiger partial charge in [-0.2, -0.15) is 0 Å². The summed E-state index contributed by atoms with van der Waals surface area (Å²) in [5.41, 5.74) is 0.622. The van der Waals surface area contributed by atoms with E-state index in [1.165, 1.54) is 12.1 Å². The van der Waals surface area contributed by atoms with Crippen molar-refractivity contribution in [1.29, 1.82) is 0 Å². The van der Waals surface area contributed by atoms with Gasteiger partial charge in [0.05, 0.1) is 6.10 Å². The number of halogens is 2. The van der Waals surface area contributed by atoms with Crippen LogP contribution < -0.4 is 0 Å². The maximum atomic E-state index is 13.2. The Labute approximate surface area is 118 Å². The Hall–Kier alpha value is -1.04. The number of nitrogens with zero attached hydrogens (tertiary/aromatic N) is 2. The van der Waals surface area contributed by atoms with E-state index in [9.17, 15) is 13.9 Å². The molecule has 1 aliphatic rings. The normalized spacial score (nSPS) is 23.6. The fourth-order valence-corrected chi connectivity index (χ4v) is 2.77. The summed E-state index contributed by atoms with van der Waals surface area (Å²) >= 11 is 0. The number of benzene rings is 1. The summed E-state index contributed by atoms with van der Waals surface area (Å²) in [6.07, 6.45) is 0.812. The predicted molar refractivity (Wildman–Crippen MR) is 74.6 cm³/mol. The van der Waals surface area contributed by atoms with Crippen LogP contribution in [0, 0.1) is 11.6 Å². The highest BCUT2D eigenvalue weighted by atomic mass is 19.2. The molecule has 2 rings (SSSR count). The van der Waals surface area contributed by atoms with Gasteiger partial charge in [-0.05, 0) is 51.3 Å². The smallest absolute Gasteiger partial charge is 0.159 e. The van der Waals surface area contributed by atoms with Crippen molar-refractivity contribution < 1.29 is 13.9 Å². The van der Waals surface area contributed by atoms with Crippen molar-refractivity contribution in [2.75, 3.05) is 33.7 Å². The van der Waals surface area contributed by atoms with E-state index >= 15 is 0 Å². The van der Waals surface area contributed by atoms with Gasteiger partial charge in [-0.25, -0.2) is 8.78 Å². The van der Waals surface area contributed by atoms with E-state index in [-0.39, 0.29) is 6.04 Å². The zero-order chi connectivity index (χ0) is 14.7. The third-order valence-corrected chi connectivity index (χ3v) is 3.99. The SMILES string of the molecule is CN1CCCN(C)C(C(O)Cc2ccc(F)c(F)c2)C1. The van der Waals surface area contributed by atoms with Gasteiger partial charge in [-0.15, -0.1) is 0 Å². The average Bonchev–Trinajstić information content (AvgIpc) is 2.56. The maximum absolute atomic E-state index is 13.2. The first-order valence-electron chi connectivity index (χ1n) is 6.98. The van der Waals surface area contributed by atoms with Crippen molar-refractivity contribution >= 4 is 0 Å². The lowest BCUT2D eigenvalue weighted by molar-refractivity contribution is 0.0580. The lowest BCUT2D eigenvalue weighted by Crippen LogP contribution is -2.47. The van der Waals surface area contributed by atoms with Crippen LogP contribution in [-0.4, -0.2) is 60.8 Å². The molecule has 1 N–H and O–H groups in total. The van der Waals surface area contributed by atoms with Gasteiger partial charge in [0.1, 0.15) is 0 Å². The highest BCUT2D eigenvalue weighted by Gasteiger charge is 2.27. The van der Waals surface area contributed by atoms with Gasteiger partial charge in [0.25, 0.3) is 0 Å². The van der Waals surface area contributed by atoms with E-state index < -0.39 is 17.7 Å². The summed E-state index contributed by atoms with van der Waals surface area (Å²) in [5, 5.41) is 10.4. The van der Waals surface area contributed by atoms with Crippen molar-refractivity contribution in [2.45, 2.75) is 25.0 Å². The molecule has 0 spiro atoms. The monoisotopic (exact) mass is 284 g/mol. The van der Waals surface area contributed by atoms with Gasteiger partial charge in [-0.3, -0.25) is 4.90 Å². The molecule has 0 bridgehead atoms. The zero-order valence-corrected chi connectivity index (χ0v) is 12.0. The molecule has 0 aliphatic carbocycles. The number of hydrogen-bond donors (Lipinski definition) is 1. The molecule has 1 aromatic carbocycles. The second kappa shape index (κ2) is 6.61. The standard InChI is InChI=1S/C15H22F2N2O/c1-18-6-3-7-19(2)14(10-18)15(20)9-11-4-5-12(16)13(17)8-11/h4-5,8,14-15,20H,3,6-7,9-10H2,1-2H3. The first-order chi connectivity index (χ1) is 9.47. The number of aliphatic hydroxyl groups excluding tert-OH is 1. The van der Waals surface area contributed by atoms with Crippen LogP contribution in [-0.2, 0) is 6.42 Å². The quantitative estimate of drug-likeness (QED) is 0.911. The minimum atomic E-state index is -0.860. The minimum absolute atomic E-state index is 0.00983. The molecule has 0 radical (unpaired) electrons. The molecular formula is C15H22F2N2O. The van der Waals surface area contributed by atoms with E-state index in [1.807, 2.05) is 14.1 Å². The van der Waals surface area contributed by atoms with Gasteiger partial charge in [0.15, 0.2) is 11.6 Å².